The minimum atomic E-state index is -0.459. The van der Waals surface area contributed by atoms with Crippen LogP contribution in [0.25, 0.3) is 0 Å². The third kappa shape index (κ3) is 4.25. The van der Waals surface area contributed by atoms with Gasteiger partial charge in [-0.2, -0.15) is 5.10 Å². The number of nitrogens with one attached hydrogen (secondary N) is 1. The number of nitrogens with zero attached hydrogens (tertiary/aromatic N) is 2. The molecule has 0 aromatic heterocycles. The topological polar surface area (TPSA) is 100.0 Å². The number of hydrogen-bond donors (Lipinski definition) is 1. The highest BCUT2D eigenvalue weighted by molar-refractivity contribution is 6.39. The van der Waals surface area contributed by atoms with Gasteiger partial charge in [0.05, 0.1) is 25.8 Å². The van der Waals surface area contributed by atoms with Gasteiger partial charge in [0, 0.05) is 5.56 Å². The summed E-state index contributed by atoms with van der Waals surface area (Å²) in [7, 11) is 1.55. The Morgan fingerprint density at radius 2 is 2.10 bits per heavy atom. The Bertz CT molecular complexity index is 1020. The van der Waals surface area contributed by atoms with Gasteiger partial charge in [-0.15, -0.1) is 0 Å². The largest absolute Gasteiger partial charge is 0.494 e. The summed E-state index contributed by atoms with van der Waals surface area (Å²) in [6, 6.07) is 11.0. The lowest BCUT2D eigenvalue weighted by Crippen LogP contribution is -2.31. The summed E-state index contributed by atoms with van der Waals surface area (Å²) in [5.41, 5.74) is 4.36. The Hall–Kier alpha value is -3.75. The molecule has 2 aliphatic heterocycles. The fraction of sp³-hybridized carbons (Fsp3) is 0.318. The van der Waals surface area contributed by atoms with Gasteiger partial charge in [0.15, 0.2) is 23.3 Å². The Balaban J connectivity index is 1.39. The van der Waals surface area contributed by atoms with Gasteiger partial charge >= 0.3 is 0 Å². The molecule has 4 rings (SSSR count). The zero-order valence-electron chi connectivity index (χ0n) is 17.5. The van der Waals surface area contributed by atoms with E-state index in [4.69, 9.17) is 23.8 Å². The highest BCUT2D eigenvalue weighted by Gasteiger charge is 2.37. The van der Waals surface area contributed by atoms with Crippen molar-refractivity contribution in [2.75, 3.05) is 20.5 Å². The third-order valence-electron chi connectivity index (χ3n) is 4.96. The highest BCUT2D eigenvalue weighted by Crippen LogP contribution is 2.45. The van der Waals surface area contributed by atoms with Crippen molar-refractivity contribution in [2.45, 2.75) is 20.0 Å². The van der Waals surface area contributed by atoms with Crippen molar-refractivity contribution in [3.8, 4) is 23.0 Å². The second-order valence-electron chi connectivity index (χ2n) is 6.95. The SMILES string of the molecule is CCOc1ccc(/C=N\NC(=O)C2=NO[C@H](c3cc(OC)c4c(c3)OCO4)[C@@H]2C)cc1. The lowest BCUT2D eigenvalue weighted by atomic mass is 9.93. The fourth-order valence-corrected chi connectivity index (χ4v) is 3.38. The van der Waals surface area contributed by atoms with Gasteiger partial charge in [0.2, 0.25) is 12.5 Å². The molecule has 0 radical (unpaired) electrons. The molecule has 1 N–H and O–H groups in total. The number of ether oxygens (including phenoxy) is 4. The summed E-state index contributed by atoms with van der Waals surface area (Å²) in [6.07, 6.45) is 1.09. The van der Waals surface area contributed by atoms with E-state index in [1.807, 2.05) is 44.2 Å². The van der Waals surface area contributed by atoms with E-state index in [0.717, 1.165) is 16.9 Å². The molecule has 2 aromatic carbocycles. The van der Waals surface area contributed by atoms with Gasteiger partial charge in [0.25, 0.3) is 5.91 Å². The summed E-state index contributed by atoms with van der Waals surface area (Å²) in [6.45, 7) is 4.52. The van der Waals surface area contributed by atoms with Crippen LogP contribution in [0, 0.1) is 5.92 Å². The van der Waals surface area contributed by atoms with Crippen LogP contribution in [0.2, 0.25) is 0 Å². The first-order valence-corrected chi connectivity index (χ1v) is 9.88. The molecule has 2 aromatic rings. The van der Waals surface area contributed by atoms with E-state index in [2.05, 4.69) is 15.7 Å². The fourth-order valence-electron chi connectivity index (χ4n) is 3.38. The molecule has 162 valence electrons. The number of methoxy groups -OCH3 is 1. The predicted molar refractivity (Wildman–Crippen MR) is 113 cm³/mol. The second kappa shape index (κ2) is 8.95. The van der Waals surface area contributed by atoms with Gasteiger partial charge < -0.3 is 23.8 Å². The molecular weight excluding hydrogens is 402 g/mol. The van der Waals surface area contributed by atoms with Crippen molar-refractivity contribution in [1.29, 1.82) is 0 Å². The number of rotatable bonds is 7. The second-order valence-corrected chi connectivity index (χ2v) is 6.95. The third-order valence-corrected chi connectivity index (χ3v) is 4.96. The lowest BCUT2D eigenvalue weighted by molar-refractivity contribution is -0.115. The van der Waals surface area contributed by atoms with Crippen molar-refractivity contribution >= 4 is 17.8 Å². The van der Waals surface area contributed by atoms with Crippen molar-refractivity contribution in [2.24, 2.45) is 16.2 Å². The van der Waals surface area contributed by atoms with Crippen LogP contribution in [-0.2, 0) is 9.63 Å². The Kier molecular flexibility index (Phi) is 5.92. The number of carbonyl (C=O) groups excluding carboxylic acids is 1. The molecule has 2 atom stereocenters. The minimum Gasteiger partial charge on any atom is -0.494 e. The Morgan fingerprint density at radius 3 is 2.84 bits per heavy atom. The number of fused-ring (bicyclic) bond motifs is 1. The minimum absolute atomic E-state index is 0.132. The summed E-state index contributed by atoms with van der Waals surface area (Å²) in [5, 5.41) is 7.99. The molecule has 0 aliphatic carbocycles. The molecule has 0 saturated carbocycles. The van der Waals surface area contributed by atoms with E-state index in [-0.39, 0.29) is 18.4 Å². The smallest absolute Gasteiger partial charge is 0.289 e. The monoisotopic (exact) mass is 425 g/mol. The van der Waals surface area contributed by atoms with Crippen LogP contribution < -0.4 is 24.4 Å². The molecule has 0 saturated heterocycles. The van der Waals surface area contributed by atoms with Gasteiger partial charge in [-0.1, -0.05) is 12.1 Å². The molecule has 31 heavy (non-hydrogen) atoms. The van der Waals surface area contributed by atoms with Crippen LogP contribution in [0.15, 0.2) is 46.7 Å². The summed E-state index contributed by atoms with van der Waals surface area (Å²) < 4.78 is 21.7. The average molecular weight is 425 g/mol. The zero-order valence-corrected chi connectivity index (χ0v) is 17.5. The number of oxime groups is 1. The maximum Gasteiger partial charge on any atom is 0.289 e. The van der Waals surface area contributed by atoms with E-state index < -0.39 is 12.0 Å². The number of benzene rings is 2. The maximum atomic E-state index is 12.5. The molecule has 1 amide bonds. The normalized spacial score (nSPS) is 19.1. The highest BCUT2D eigenvalue weighted by atomic mass is 16.7. The van der Waals surface area contributed by atoms with Crippen LogP contribution in [0.4, 0.5) is 0 Å². The molecule has 0 bridgehead atoms. The van der Waals surface area contributed by atoms with E-state index >= 15 is 0 Å². The molecule has 0 spiro atoms. The lowest BCUT2D eigenvalue weighted by Gasteiger charge is -2.16. The standard InChI is InChI=1S/C22H23N3O6/c1-4-28-16-7-5-14(6-8-16)11-23-24-22(26)19-13(2)20(31-25-19)15-9-17(27-3)21-18(10-15)29-12-30-21/h5-11,13,20H,4,12H2,1-3H3,(H,24,26)/b23-11-/t13-,20+/m1/s1. The molecule has 2 heterocycles. The summed E-state index contributed by atoms with van der Waals surface area (Å²) >= 11 is 0. The molecule has 9 heteroatoms. The summed E-state index contributed by atoms with van der Waals surface area (Å²) in [5.74, 6) is 1.72. The quantitative estimate of drug-likeness (QED) is 0.541. The van der Waals surface area contributed by atoms with E-state index in [1.54, 1.807) is 19.4 Å². The van der Waals surface area contributed by atoms with Crippen LogP contribution in [0.3, 0.4) is 0 Å². The maximum absolute atomic E-state index is 12.5. The number of hydrogen-bond acceptors (Lipinski definition) is 8. The zero-order chi connectivity index (χ0) is 21.8. The van der Waals surface area contributed by atoms with E-state index in [9.17, 15) is 4.79 Å². The molecule has 9 nitrogen and oxygen atoms in total. The first-order chi connectivity index (χ1) is 15.1. The van der Waals surface area contributed by atoms with Gasteiger partial charge in [-0.25, -0.2) is 5.43 Å². The Morgan fingerprint density at radius 1 is 1.29 bits per heavy atom. The van der Waals surface area contributed by atoms with Gasteiger partial charge in [-0.05, 0) is 48.9 Å². The van der Waals surface area contributed by atoms with Crippen LogP contribution in [-0.4, -0.2) is 38.3 Å². The van der Waals surface area contributed by atoms with Crippen LogP contribution in [0.1, 0.15) is 31.1 Å². The number of carbonyl (C=O) groups is 1. The summed E-state index contributed by atoms with van der Waals surface area (Å²) in [4.78, 5) is 18.1. The van der Waals surface area contributed by atoms with Crippen molar-refractivity contribution in [1.82, 2.24) is 5.43 Å². The average Bonchev–Trinajstić information content (AvgIpc) is 3.41. The molecule has 0 unspecified atom stereocenters. The van der Waals surface area contributed by atoms with E-state index in [1.165, 1.54) is 0 Å². The first-order valence-electron chi connectivity index (χ1n) is 9.88. The van der Waals surface area contributed by atoms with Crippen molar-refractivity contribution in [3.05, 3.63) is 47.5 Å². The van der Waals surface area contributed by atoms with E-state index in [0.29, 0.717) is 23.9 Å². The molecule has 0 fully saturated rings. The van der Waals surface area contributed by atoms with Gasteiger partial charge in [-0.3, -0.25) is 4.79 Å². The first kappa shape index (κ1) is 20.5. The predicted octanol–water partition coefficient (Wildman–Crippen LogP) is 3.04. The molecule has 2 aliphatic rings. The van der Waals surface area contributed by atoms with Gasteiger partial charge in [0.1, 0.15) is 5.75 Å². The molecular formula is C22H23N3O6. The number of amides is 1. The van der Waals surface area contributed by atoms with Crippen LogP contribution >= 0.6 is 0 Å². The van der Waals surface area contributed by atoms with Crippen molar-refractivity contribution in [3.63, 3.8) is 0 Å². The van der Waals surface area contributed by atoms with Crippen LogP contribution in [0.5, 0.6) is 23.0 Å². The van der Waals surface area contributed by atoms with Crippen molar-refractivity contribution < 1.29 is 28.6 Å². The Labute approximate surface area is 179 Å². The number of hydrazone groups is 1.